The van der Waals surface area contributed by atoms with E-state index in [0.717, 1.165) is 18.5 Å². The Morgan fingerprint density at radius 3 is 2.72 bits per heavy atom. The minimum atomic E-state index is -0.371. The minimum Gasteiger partial charge on any atom is -0.366 e. The number of carbonyl (C=O) groups excluding carboxylic acids is 1. The summed E-state index contributed by atoms with van der Waals surface area (Å²) in [5.41, 5.74) is 9.66. The van der Waals surface area contributed by atoms with Crippen LogP contribution in [0.25, 0.3) is 5.69 Å². The molecule has 1 aromatic carbocycles. The molecule has 0 spiro atoms. The number of hydrogen-bond acceptors (Lipinski definition) is 1. The third-order valence-corrected chi connectivity index (χ3v) is 3.62. The first-order valence-corrected chi connectivity index (χ1v) is 6.35. The van der Waals surface area contributed by atoms with Crippen molar-refractivity contribution in [2.75, 3.05) is 0 Å². The van der Waals surface area contributed by atoms with Crippen molar-refractivity contribution in [1.29, 1.82) is 0 Å². The number of aromatic nitrogens is 1. The zero-order valence-electron chi connectivity index (χ0n) is 10.2. The monoisotopic (exact) mass is 240 g/mol. The van der Waals surface area contributed by atoms with Crippen LogP contribution in [0.1, 0.15) is 34.5 Å². The van der Waals surface area contributed by atoms with Crippen LogP contribution in [0.4, 0.5) is 0 Å². The number of fused-ring (bicyclic) bond motifs is 1. The summed E-state index contributed by atoms with van der Waals surface area (Å²) in [6.45, 7) is 0. The van der Waals surface area contributed by atoms with E-state index in [1.54, 1.807) is 6.07 Å². The molecule has 3 heteroatoms. The van der Waals surface area contributed by atoms with Crippen molar-refractivity contribution < 1.29 is 4.79 Å². The highest BCUT2D eigenvalue weighted by Gasteiger charge is 2.17. The van der Waals surface area contributed by atoms with Crippen molar-refractivity contribution in [2.24, 2.45) is 5.73 Å². The Balaban J connectivity index is 2.15. The third-order valence-electron chi connectivity index (χ3n) is 3.62. The molecule has 1 aromatic heterocycles. The van der Waals surface area contributed by atoms with E-state index < -0.39 is 0 Å². The summed E-state index contributed by atoms with van der Waals surface area (Å²) >= 11 is 0. The summed E-state index contributed by atoms with van der Waals surface area (Å²) < 4.78 is 2.12. The summed E-state index contributed by atoms with van der Waals surface area (Å²) in [5.74, 6) is -0.371. The molecule has 0 fully saturated rings. The summed E-state index contributed by atoms with van der Waals surface area (Å²) in [6, 6.07) is 9.69. The van der Waals surface area contributed by atoms with Gasteiger partial charge in [0.15, 0.2) is 0 Å². The van der Waals surface area contributed by atoms with Crippen molar-refractivity contribution in [3.05, 3.63) is 53.3 Å². The van der Waals surface area contributed by atoms with Gasteiger partial charge in [0.25, 0.3) is 5.91 Å². The molecular formula is C15H16N2O. The molecule has 0 atom stereocenters. The lowest BCUT2D eigenvalue weighted by molar-refractivity contribution is 0.100. The van der Waals surface area contributed by atoms with Crippen LogP contribution < -0.4 is 5.73 Å². The predicted octanol–water partition coefficient (Wildman–Crippen LogP) is 2.46. The Kier molecular flexibility index (Phi) is 2.67. The zero-order chi connectivity index (χ0) is 12.5. The lowest BCUT2D eigenvalue weighted by Crippen LogP contribution is -2.16. The number of nitrogens with zero attached hydrogens (tertiary/aromatic N) is 1. The second-order valence-electron chi connectivity index (χ2n) is 4.75. The minimum absolute atomic E-state index is 0.371. The van der Waals surface area contributed by atoms with Gasteiger partial charge < -0.3 is 10.3 Å². The molecule has 92 valence electrons. The number of benzene rings is 1. The van der Waals surface area contributed by atoms with Gasteiger partial charge in [-0.25, -0.2) is 0 Å². The van der Waals surface area contributed by atoms with Crippen molar-refractivity contribution in [3.8, 4) is 5.69 Å². The van der Waals surface area contributed by atoms with E-state index in [0.29, 0.717) is 5.56 Å². The maximum absolute atomic E-state index is 11.5. The zero-order valence-corrected chi connectivity index (χ0v) is 10.2. The third kappa shape index (κ3) is 1.72. The molecule has 18 heavy (non-hydrogen) atoms. The van der Waals surface area contributed by atoms with Crippen LogP contribution in [-0.2, 0) is 12.8 Å². The first kappa shape index (κ1) is 11.1. The topological polar surface area (TPSA) is 48.0 Å². The largest absolute Gasteiger partial charge is 0.366 e. The van der Waals surface area contributed by atoms with Crippen molar-refractivity contribution in [1.82, 2.24) is 4.57 Å². The van der Waals surface area contributed by atoms with Gasteiger partial charge in [0.05, 0.1) is 11.3 Å². The Labute approximate surface area is 106 Å². The van der Waals surface area contributed by atoms with E-state index in [-0.39, 0.29) is 5.91 Å². The standard InChI is InChI=1S/C15H16N2O/c16-15(18)12-6-2-4-8-14(12)17-10-9-11-5-1-3-7-13(11)17/h2,4,6,8-10H,1,3,5,7H2,(H2,16,18). The molecule has 1 heterocycles. The lowest BCUT2D eigenvalue weighted by Gasteiger charge is -2.17. The molecule has 2 aromatic rings. The summed E-state index contributed by atoms with van der Waals surface area (Å²) in [6.07, 6.45) is 6.75. The molecule has 0 radical (unpaired) electrons. The summed E-state index contributed by atoms with van der Waals surface area (Å²) in [4.78, 5) is 11.5. The quantitative estimate of drug-likeness (QED) is 0.861. The first-order valence-electron chi connectivity index (χ1n) is 6.35. The van der Waals surface area contributed by atoms with Gasteiger partial charge in [-0.1, -0.05) is 12.1 Å². The number of amides is 1. The van der Waals surface area contributed by atoms with Crippen LogP contribution in [-0.4, -0.2) is 10.5 Å². The van der Waals surface area contributed by atoms with Crippen LogP contribution >= 0.6 is 0 Å². The van der Waals surface area contributed by atoms with E-state index in [4.69, 9.17) is 5.73 Å². The van der Waals surface area contributed by atoms with Gasteiger partial charge in [0.2, 0.25) is 0 Å². The van der Waals surface area contributed by atoms with Gasteiger partial charge in [-0.05, 0) is 49.4 Å². The molecule has 0 saturated heterocycles. The van der Waals surface area contributed by atoms with Crippen molar-refractivity contribution in [2.45, 2.75) is 25.7 Å². The van der Waals surface area contributed by atoms with E-state index in [1.807, 2.05) is 18.2 Å². The molecule has 0 aliphatic heterocycles. The molecule has 0 bridgehead atoms. The average molecular weight is 240 g/mol. The maximum atomic E-state index is 11.5. The summed E-state index contributed by atoms with van der Waals surface area (Å²) in [7, 11) is 0. The van der Waals surface area contributed by atoms with Gasteiger partial charge in [0.1, 0.15) is 0 Å². The van der Waals surface area contributed by atoms with Crippen LogP contribution in [0.15, 0.2) is 36.5 Å². The van der Waals surface area contributed by atoms with E-state index in [1.165, 1.54) is 24.1 Å². The number of rotatable bonds is 2. The molecular weight excluding hydrogens is 224 g/mol. The number of aryl methyl sites for hydroxylation is 1. The highest BCUT2D eigenvalue weighted by molar-refractivity contribution is 5.96. The van der Waals surface area contributed by atoms with E-state index >= 15 is 0 Å². The Bertz CT molecular complexity index is 598. The van der Waals surface area contributed by atoms with Gasteiger partial charge in [-0.15, -0.1) is 0 Å². The van der Waals surface area contributed by atoms with Crippen molar-refractivity contribution >= 4 is 5.91 Å². The second kappa shape index (κ2) is 4.33. The molecule has 1 aliphatic carbocycles. The summed E-state index contributed by atoms with van der Waals surface area (Å²) in [5, 5.41) is 0. The molecule has 0 unspecified atom stereocenters. The molecule has 2 N–H and O–H groups in total. The number of hydrogen-bond donors (Lipinski definition) is 1. The molecule has 1 amide bonds. The highest BCUT2D eigenvalue weighted by Crippen LogP contribution is 2.26. The fourth-order valence-corrected chi connectivity index (χ4v) is 2.74. The molecule has 3 rings (SSSR count). The normalized spacial score (nSPS) is 14.2. The van der Waals surface area contributed by atoms with Crippen LogP contribution in [0.2, 0.25) is 0 Å². The fourth-order valence-electron chi connectivity index (χ4n) is 2.74. The van der Waals surface area contributed by atoms with Gasteiger partial charge in [-0.2, -0.15) is 0 Å². The lowest BCUT2D eigenvalue weighted by atomic mass is 9.98. The van der Waals surface area contributed by atoms with E-state index in [9.17, 15) is 4.79 Å². The fraction of sp³-hybridized carbons (Fsp3) is 0.267. The number of nitrogens with two attached hydrogens (primary N) is 1. The molecule has 3 nitrogen and oxygen atoms in total. The second-order valence-corrected chi connectivity index (χ2v) is 4.75. The van der Waals surface area contributed by atoms with E-state index in [2.05, 4.69) is 16.8 Å². The number of para-hydroxylation sites is 1. The molecule has 1 aliphatic rings. The Hall–Kier alpha value is -2.03. The maximum Gasteiger partial charge on any atom is 0.250 e. The van der Waals surface area contributed by atoms with Gasteiger partial charge in [-0.3, -0.25) is 4.79 Å². The van der Waals surface area contributed by atoms with Gasteiger partial charge >= 0.3 is 0 Å². The number of primary amides is 1. The van der Waals surface area contributed by atoms with Crippen LogP contribution in [0, 0.1) is 0 Å². The van der Waals surface area contributed by atoms with Gasteiger partial charge in [0, 0.05) is 11.9 Å². The predicted molar refractivity (Wildman–Crippen MR) is 70.9 cm³/mol. The van der Waals surface area contributed by atoms with Crippen molar-refractivity contribution in [3.63, 3.8) is 0 Å². The Morgan fingerprint density at radius 1 is 1.11 bits per heavy atom. The molecule has 0 saturated carbocycles. The Morgan fingerprint density at radius 2 is 1.89 bits per heavy atom. The average Bonchev–Trinajstić information content (AvgIpc) is 2.82. The number of carbonyl (C=O) groups is 1. The highest BCUT2D eigenvalue weighted by atomic mass is 16.1. The smallest absolute Gasteiger partial charge is 0.250 e. The van der Waals surface area contributed by atoms with Crippen LogP contribution in [0.5, 0.6) is 0 Å². The SMILES string of the molecule is NC(=O)c1ccccc1-n1ccc2c1CCCC2. The first-order chi connectivity index (χ1) is 8.77. The van der Waals surface area contributed by atoms with Crippen LogP contribution in [0.3, 0.4) is 0 Å².